The highest BCUT2D eigenvalue weighted by atomic mass is 79.9. The molecule has 1 rings (SSSR count). The van der Waals surface area contributed by atoms with Crippen LogP contribution in [0.5, 0.6) is 11.5 Å². The van der Waals surface area contributed by atoms with Gasteiger partial charge in [0, 0.05) is 6.04 Å². The van der Waals surface area contributed by atoms with E-state index in [0.29, 0.717) is 22.6 Å². The van der Waals surface area contributed by atoms with Crippen molar-refractivity contribution in [3.05, 3.63) is 22.2 Å². The Balaban J connectivity index is 0.00000361. The molecule has 20 heavy (non-hydrogen) atoms. The third kappa shape index (κ3) is 4.85. The van der Waals surface area contributed by atoms with E-state index in [1.54, 1.807) is 33.3 Å². The number of esters is 1. The van der Waals surface area contributed by atoms with Gasteiger partial charge in [0.15, 0.2) is 0 Å². The van der Waals surface area contributed by atoms with Crippen LogP contribution in [0.25, 0.3) is 0 Å². The van der Waals surface area contributed by atoms with Gasteiger partial charge >= 0.3 is 5.97 Å². The maximum Gasteiger partial charge on any atom is 0.307 e. The first-order valence-corrected chi connectivity index (χ1v) is 6.65. The zero-order valence-corrected chi connectivity index (χ0v) is 14.0. The van der Waals surface area contributed by atoms with E-state index in [1.807, 2.05) is 0 Å². The summed E-state index contributed by atoms with van der Waals surface area (Å²) < 4.78 is 16.1. The highest BCUT2D eigenvalue weighted by Crippen LogP contribution is 2.37. The second-order valence-corrected chi connectivity index (χ2v) is 4.65. The fourth-order valence-electron chi connectivity index (χ4n) is 1.62. The van der Waals surface area contributed by atoms with E-state index < -0.39 is 6.04 Å². The average molecular weight is 369 g/mol. The van der Waals surface area contributed by atoms with Crippen molar-refractivity contribution >= 4 is 34.3 Å². The van der Waals surface area contributed by atoms with Gasteiger partial charge in [0.25, 0.3) is 0 Å². The van der Waals surface area contributed by atoms with Gasteiger partial charge in [-0.3, -0.25) is 4.79 Å². The second kappa shape index (κ2) is 9.05. The van der Waals surface area contributed by atoms with Gasteiger partial charge in [-0.2, -0.15) is 0 Å². The molecule has 0 fully saturated rings. The summed E-state index contributed by atoms with van der Waals surface area (Å²) in [5.41, 5.74) is 6.75. The Labute approximate surface area is 133 Å². The van der Waals surface area contributed by atoms with E-state index in [-0.39, 0.29) is 24.8 Å². The molecular formula is C13H19BrClNO4. The molecule has 0 heterocycles. The molecule has 2 N–H and O–H groups in total. The lowest BCUT2D eigenvalue weighted by Crippen LogP contribution is -2.17. The van der Waals surface area contributed by atoms with E-state index in [4.69, 9.17) is 19.9 Å². The van der Waals surface area contributed by atoms with Crippen LogP contribution >= 0.6 is 28.3 Å². The Morgan fingerprint density at radius 3 is 2.20 bits per heavy atom. The van der Waals surface area contributed by atoms with Crippen LogP contribution in [0.1, 0.15) is 24.9 Å². The van der Waals surface area contributed by atoms with Crippen LogP contribution in [-0.2, 0) is 9.53 Å². The SMILES string of the molecule is CCOC(=O)C[C@H](N)c1cc(OC)c(Br)c(OC)c1.Cl. The first-order valence-electron chi connectivity index (χ1n) is 5.86. The third-order valence-corrected chi connectivity index (χ3v) is 3.37. The lowest BCUT2D eigenvalue weighted by atomic mass is 10.0. The molecular weight excluding hydrogens is 350 g/mol. The predicted molar refractivity (Wildman–Crippen MR) is 82.7 cm³/mol. The summed E-state index contributed by atoms with van der Waals surface area (Å²) in [5, 5.41) is 0. The molecule has 7 heteroatoms. The fourth-order valence-corrected chi connectivity index (χ4v) is 2.17. The van der Waals surface area contributed by atoms with Gasteiger partial charge in [-0.1, -0.05) is 0 Å². The topological polar surface area (TPSA) is 70.8 Å². The van der Waals surface area contributed by atoms with Gasteiger partial charge < -0.3 is 19.9 Å². The average Bonchev–Trinajstić information content (AvgIpc) is 2.39. The van der Waals surface area contributed by atoms with Crippen LogP contribution in [0.15, 0.2) is 16.6 Å². The minimum atomic E-state index is -0.463. The van der Waals surface area contributed by atoms with Crippen LogP contribution in [0.3, 0.4) is 0 Å². The summed E-state index contributed by atoms with van der Waals surface area (Å²) in [5.74, 6) is 0.887. The molecule has 0 amide bonds. The normalized spacial score (nSPS) is 11.2. The number of carbonyl (C=O) groups excluding carboxylic acids is 1. The van der Waals surface area contributed by atoms with Crippen LogP contribution in [0, 0.1) is 0 Å². The van der Waals surface area contributed by atoms with Gasteiger partial charge in [-0.25, -0.2) is 0 Å². The minimum Gasteiger partial charge on any atom is -0.495 e. The molecule has 0 aliphatic carbocycles. The molecule has 0 radical (unpaired) electrons. The first kappa shape index (κ1) is 19.0. The number of hydrogen-bond acceptors (Lipinski definition) is 5. The van der Waals surface area contributed by atoms with Gasteiger partial charge in [0.2, 0.25) is 0 Å². The van der Waals surface area contributed by atoms with Crippen LogP contribution in [0.4, 0.5) is 0 Å². The van der Waals surface area contributed by atoms with Crippen molar-refractivity contribution in [2.24, 2.45) is 5.73 Å². The lowest BCUT2D eigenvalue weighted by Gasteiger charge is -2.15. The predicted octanol–water partition coefficient (Wildman–Crippen LogP) is 2.84. The maximum absolute atomic E-state index is 11.4. The van der Waals surface area contributed by atoms with Crippen molar-refractivity contribution < 1.29 is 19.0 Å². The standard InChI is InChI=1S/C13H18BrNO4.ClH/c1-4-19-12(16)7-9(15)8-5-10(17-2)13(14)11(6-8)18-3;/h5-6,9H,4,7,15H2,1-3H3;1H/t9-;/m0./s1. The molecule has 0 aliphatic heterocycles. The third-order valence-electron chi connectivity index (χ3n) is 2.59. The van der Waals surface area contributed by atoms with Crippen molar-refractivity contribution in [3.8, 4) is 11.5 Å². The number of carbonyl (C=O) groups is 1. The van der Waals surface area contributed by atoms with Gasteiger partial charge in [0.1, 0.15) is 16.0 Å². The summed E-state index contributed by atoms with van der Waals surface area (Å²) in [6.07, 6.45) is 0.113. The molecule has 1 atom stereocenters. The second-order valence-electron chi connectivity index (χ2n) is 3.86. The Hall–Kier alpha value is -0.980. The summed E-state index contributed by atoms with van der Waals surface area (Å²) >= 11 is 3.38. The van der Waals surface area contributed by atoms with Gasteiger partial charge in [-0.15, -0.1) is 12.4 Å². The highest BCUT2D eigenvalue weighted by Gasteiger charge is 2.17. The smallest absolute Gasteiger partial charge is 0.307 e. The van der Waals surface area contributed by atoms with Crippen LogP contribution < -0.4 is 15.2 Å². The Morgan fingerprint density at radius 1 is 1.30 bits per heavy atom. The van der Waals surface area contributed by atoms with E-state index in [0.717, 1.165) is 5.56 Å². The molecule has 1 aromatic rings. The minimum absolute atomic E-state index is 0. The van der Waals surface area contributed by atoms with Crippen LogP contribution in [-0.4, -0.2) is 26.8 Å². The number of ether oxygens (including phenoxy) is 3. The Morgan fingerprint density at radius 2 is 1.80 bits per heavy atom. The fraction of sp³-hybridized carbons (Fsp3) is 0.462. The number of hydrogen-bond donors (Lipinski definition) is 1. The monoisotopic (exact) mass is 367 g/mol. The number of benzene rings is 1. The molecule has 1 aromatic carbocycles. The molecule has 0 aliphatic rings. The van der Waals surface area contributed by atoms with Crippen molar-refractivity contribution in [1.29, 1.82) is 0 Å². The number of halogens is 2. The van der Waals surface area contributed by atoms with Crippen molar-refractivity contribution in [2.75, 3.05) is 20.8 Å². The Kier molecular flexibility index (Phi) is 8.60. The summed E-state index contributed by atoms with van der Waals surface area (Å²) in [4.78, 5) is 11.4. The molecule has 0 unspecified atom stereocenters. The van der Waals surface area contributed by atoms with E-state index in [9.17, 15) is 4.79 Å². The van der Waals surface area contributed by atoms with Gasteiger partial charge in [-0.05, 0) is 40.5 Å². The number of rotatable bonds is 6. The van der Waals surface area contributed by atoms with Crippen LogP contribution in [0.2, 0.25) is 0 Å². The lowest BCUT2D eigenvalue weighted by molar-refractivity contribution is -0.143. The van der Waals surface area contributed by atoms with Crippen molar-refractivity contribution in [3.63, 3.8) is 0 Å². The van der Waals surface area contributed by atoms with Crippen molar-refractivity contribution in [2.45, 2.75) is 19.4 Å². The highest BCUT2D eigenvalue weighted by molar-refractivity contribution is 9.10. The van der Waals surface area contributed by atoms with E-state index >= 15 is 0 Å². The Bertz CT molecular complexity index is 431. The van der Waals surface area contributed by atoms with Crippen molar-refractivity contribution in [1.82, 2.24) is 0 Å². The number of methoxy groups -OCH3 is 2. The summed E-state index contributed by atoms with van der Waals surface area (Å²) in [6.45, 7) is 2.10. The number of nitrogens with two attached hydrogens (primary N) is 1. The zero-order valence-electron chi connectivity index (χ0n) is 11.6. The largest absolute Gasteiger partial charge is 0.495 e. The molecule has 0 bridgehead atoms. The summed E-state index contributed by atoms with van der Waals surface area (Å²) in [7, 11) is 3.11. The molecule has 0 spiro atoms. The molecule has 5 nitrogen and oxygen atoms in total. The molecule has 0 aromatic heterocycles. The maximum atomic E-state index is 11.4. The van der Waals surface area contributed by atoms with E-state index in [2.05, 4.69) is 15.9 Å². The summed E-state index contributed by atoms with van der Waals surface area (Å²) in [6, 6.07) is 3.09. The van der Waals surface area contributed by atoms with Gasteiger partial charge in [0.05, 0.1) is 27.2 Å². The molecule has 0 saturated heterocycles. The zero-order chi connectivity index (χ0) is 14.4. The molecule has 114 valence electrons. The first-order chi connectivity index (χ1) is 9.03. The quantitative estimate of drug-likeness (QED) is 0.782. The molecule has 0 saturated carbocycles. The van der Waals surface area contributed by atoms with E-state index in [1.165, 1.54) is 0 Å².